The molecule has 1 rings (SSSR count). The predicted octanol–water partition coefficient (Wildman–Crippen LogP) is 2.28. The van der Waals surface area contributed by atoms with Crippen LogP contribution < -0.4 is 0 Å². The standard InChI is InChI=1S/C11H20O3S/c1-3-8-14-10-11(4-2)7-5-6-9-15(11,12)13/h3,8H,4-7,9-10H2,1-2H3/b8-3+. The summed E-state index contributed by atoms with van der Waals surface area (Å²) in [6.45, 7) is 4.09. The van der Waals surface area contributed by atoms with Crippen LogP contribution in [-0.4, -0.2) is 25.5 Å². The van der Waals surface area contributed by atoms with Crippen molar-refractivity contribution in [1.82, 2.24) is 0 Å². The zero-order valence-electron chi connectivity index (χ0n) is 9.53. The van der Waals surface area contributed by atoms with Gasteiger partial charge in [-0.15, -0.1) is 0 Å². The van der Waals surface area contributed by atoms with Crippen LogP contribution in [0.1, 0.15) is 39.5 Å². The molecule has 1 aliphatic heterocycles. The van der Waals surface area contributed by atoms with Gasteiger partial charge < -0.3 is 4.74 Å². The third-order valence-corrected chi connectivity index (χ3v) is 5.93. The third-order valence-electron chi connectivity index (χ3n) is 3.18. The van der Waals surface area contributed by atoms with Crippen molar-refractivity contribution in [2.75, 3.05) is 12.4 Å². The number of hydrogen-bond donors (Lipinski definition) is 0. The van der Waals surface area contributed by atoms with Gasteiger partial charge in [0, 0.05) is 0 Å². The molecule has 1 heterocycles. The fourth-order valence-corrected chi connectivity index (χ4v) is 4.23. The largest absolute Gasteiger partial charge is 0.500 e. The van der Waals surface area contributed by atoms with E-state index in [4.69, 9.17) is 4.74 Å². The van der Waals surface area contributed by atoms with Crippen LogP contribution in [0.3, 0.4) is 0 Å². The summed E-state index contributed by atoms with van der Waals surface area (Å²) in [4.78, 5) is 0. The Kier molecular flexibility index (Phi) is 4.20. The van der Waals surface area contributed by atoms with E-state index in [1.54, 1.807) is 12.3 Å². The van der Waals surface area contributed by atoms with Crippen molar-refractivity contribution in [3.05, 3.63) is 12.3 Å². The first-order chi connectivity index (χ1) is 7.08. The highest BCUT2D eigenvalue weighted by atomic mass is 32.2. The molecular formula is C11H20O3S. The highest BCUT2D eigenvalue weighted by molar-refractivity contribution is 7.92. The molecule has 1 aliphatic rings. The highest BCUT2D eigenvalue weighted by Gasteiger charge is 2.44. The maximum atomic E-state index is 12.0. The molecule has 0 aliphatic carbocycles. The summed E-state index contributed by atoms with van der Waals surface area (Å²) in [5.41, 5.74) is 0. The molecule has 4 heteroatoms. The molecule has 15 heavy (non-hydrogen) atoms. The van der Waals surface area contributed by atoms with E-state index < -0.39 is 14.6 Å². The van der Waals surface area contributed by atoms with Crippen LogP contribution in [-0.2, 0) is 14.6 Å². The molecule has 1 saturated heterocycles. The van der Waals surface area contributed by atoms with Gasteiger partial charge >= 0.3 is 0 Å². The van der Waals surface area contributed by atoms with E-state index in [9.17, 15) is 8.42 Å². The molecule has 0 saturated carbocycles. The van der Waals surface area contributed by atoms with Gasteiger partial charge in [-0.05, 0) is 26.2 Å². The maximum absolute atomic E-state index is 12.0. The lowest BCUT2D eigenvalue weighted by Crippen LogP contribution is -2.46. The Morgan fingerprint density at radius 1 is 1.40 bits per heavy atom. The van der Waals surface area contributed by atoms with Crippen LogP contribution in [0.25, 0.3) is 0 Å². The second-order valence-corrected chi connectivity index (χ2v) is 6.60. The topological polar surface area (TPSA) is 43.4 Å². The van der Waals surface area contributed by atoms with Crippen molar-refractivity contribution in [3.8, 4) is 0 Å². The Balaban J connectivity index is 2.81. The fourth-order valence-electron chi connectivity index (χ4n) is 2.07. The smallest absolute Gasteiger partial charge is 0.159 e. The molecule has 0 aromatic carbocycles. The molecule has 0 amide bonds. The van der Waals surface area contributed by atoms with Gasteiger partial charge in [0.05, 0.1) is 12.0 Å². The minimum absolute atomic E-state index is 0.302. The van der Waals surface area contributed by atoms with E-state index in [1.165, 1.54) is 0 Å². The predicted molar refractivity (Wildman–Crippen MR) is 61.4 cm³/mol. The first kappa shape index (κ1) is 12.6. The van der Waals surface area contributed by atoms with E-state index in [0.717, 1.165) is 19.3 Å². The van der Waals surface area contributed by atoms with E-state index in [1.807, 2.05) is 13.8 Å². The normalized spacial score (nSPS) is 30.5. The summed E-state index contributed by atoms with van der Waals surface area (Å²) in [7, 11) is -2.97. The van der Waals surface area contributed by atoms with Crippen molar-refractivity contribution in [1.29, 1.82) is 0 Å². The fraction of sp³-hybridized carbons (Fsp3) is 0.818. The lowest BCUT2D eigenvalue weighted by molar-refractivity contribution is 0.192. The minimum atomic E-state index is -2.97. The molecule has 0 radical (unpaired) electrons. The van der Waals surface area contributed by atoms with Crippen molar-refractivity contribution < 1.29 is 13.2 Å². The number of rotatable bonds is 4. The molecule has 88 valence electrons. The van der Waals surface area contributed by atoms with Gasteiger partial charge in [0.15, 0.2) is 9.84 Å². The highest BCUT2D eigenvalue weighted by Crippen LogP contribution is 2.34. The zero-order valence-corrected chi connectivity index (χ0v) is 10.3. The molecule has 1 atom stereocenters. The molecule has 0 aromatic rings. The number of allylic oxidation sites excluding steroid dienone is 1. The first-order valence-electron chi connectivity index (χ1n) is 5.53. The summed E-state index contributed by atoms with van der Waals surface area (Å²) in [5.74, 6) is 0.319. The average molecular weight is 232 g/mol. The Labute approximate surface area is 92.4 Å². The average Bonchev–Trinajstić information content (AvgIpc) is 2.21. The second-order valence-electron chi connectivity index (χ2n) is 4.09. The van der Waals surface area contributed by atoms with E-state index in [0.29, 0.717) is 18.8 Å². The summed E-state index contributed by atoms with van der Waals surface area (Å²) >= 11 is 0. The van der Waals surface area contributed by atoms with Gasteiger partial charge in [-0.1, -0.05) is 19.4 Å². The number of hydrogen-bond acceptors (Lipinski definition) is 3. The van der Waals surface area contributed by atoms with E-state index >= 15 is 0 Å². The lowest BCUT2D eigenvalue weighted by atomic mass is 9.98. The van der Waals surface area contributed by atoms with E-state index in [-0.39, 0.29) is 0 Å². The van der Waals surface area contributed by atoms with Gasteiger partial charge in [-0.3, -0.25) is 0 Å². The van der Waals surface area contributed by atoms with Crippen LogP contribution in [0.2, 0.25) is 0 Å². The zero-order chi connectivity index (χ0) is 11.4. The molecule has 1 fully saturated rings. The molecule has 0 spiro atoms. The summed E-state index contributed by atoms with van der Waals surface area (Å²) < 4.78 is 28.7. The van der Waals surface area contributed by atoms with Crippen LogP contribution in [0, 0.1) is 0 Å². The molecule has 0 bridgehead atoms. The van der Waals surface area contributed by atoms with Crippen LogP contribution in [0.5, 0.6) is 0 Å². The van der Waals surface area contributed by atoms with Crippen LogP contribution >= 0.6 is 0 Å². The van der Waals surface area contributed by atoms with Gasteiger partial charge in [0.2, 0.25) is 0 Å². The molecule has 3 nitrogen and oxygen atoms in total. The summed E-state index contributed by atoms with van der Waals surface area (Å²) in [5, 5.41) is 0. The van der Waals surface area contributed by atoms with Crippen LogP contribution in [0.15, 0.2) is 12.3 Å². The molecule has 0 N–H and O–H groups in total. The van der Waals surface area contributed by atoms with Crippen molar-refractivity contribution in [2.45, 2.75) is 44.3 Å². The van der Waals surface area contributed by atoms with Crippen LogP contribution in [0.4, 0.5) is 0 Å². The van der Waals surface area contributed by atoms with Gasteiger partial charge in [0.25, 0.3) is 0 Å². The minimum Gasteiger partial charge on any atom is -0.500 e. The Hall–Kier alpha value is -0.510. The monoisotopic (exact) mass is 232 g/mol. The molecule has 1 unspecified atom stereocenters. The molecule has 0 aromatic heterocycles. The Morgan fingerprint density at radius 3 is 2.67 bits per heavy atom. The van der Waals surface area contributed by atoms with Gasteiger partial charge in [-0.2, -0.15) is 0 Å². The van der Waals surface area contributed by atoms with Gasteiger partial charge in [0.1, 0.15) is 11.4 Å². The van der Waals surface area contributed by atoms with E-state index in [2.05, 4.69) is 0 Å². The summed E-state index contributed by atoms with van der Waals surface area (Å²) in [6.07, 6.45) is 6.52. The SMILES string of the molecule is C/C=C/OCC1(CC)CCCCS1(=O)=O. The number of ether oxygens (including phenoxy) is 1. The maximum Gasteiger partial charge on any atom is 0.159 e. The second kappa shape index (κ2) is 5.01. The quantitative estimate of drug-likeness (QED) is 0.698. The third kappa shape index (κ3) is 2.54. The van der Waals surface area contributed by atoms with Crippen molar-refractivity contribution >= 4 is 9.84 Å². The Bertz CT molecular complexity index is 319. The lowest BCUT2D eigenvalue weighted by Gasteiger charge is -2.35. The van der Waals surface area contributed by atoms with Crippen molar-refractivity contribution in [3.63, 3.8) is 0 Å². The Morgan fingerprint density at radius 2 is 2.13 bits per heavy atom. The number of sulfone groups is 1. The van der Waals surface area contributed by atoms with Crippen molar-refractivity contribution in [2.24, 2.45) is 0 Å². The van der Waals surface area contributed by atoms with Gasteiger partial charge in [-0.25, -0.2) is 8.42 Å². The molecular weight excluding hydrogens is 212 g/mol. The first-order valence-corrected chi connectivity index (χ1v) is 7.18. The summed E-state index contributed by atoms with van der Waals surface area (Å²) in [6, 6.07) is 0.